The molecule has 0 aliphatic heterocycles. The molecule has 0 spiro atoms. The molecule has 1 amide bonds. The van der Waals surface area contributed by atoms with Crippen LogP contribution in [0.3, 0.4) is 0 Å². The first-order valence-corrected chi connectivity index (χ1v) is 8.92. The van der Waals surface area contributed by atoms with Gasteiger partial charge in [0.1, 0.15) is 11.9 Å². The summed E-state index contributed by atoms with van der Waals surface area (Å²) in [5, 5.41) is 3.00. The molecule has 2 rings (SSSR count). The highest BCUT2D eigenvalue weighted by atomic mass is 16.5. The first kappa shape index (κ1) is 19.4. The number of imidazole rings is 1. The van der Waals surface area contributed by atoms with Gasteiger partial charge in [-0.05, 0) is 46.8 Å². The third-order valence-electron chi connectivity index (χ3n) is 4.05. The van der Waals surface area contributed by atoms with Gasteiger partial charge in [0, 0.05) is 12.6 Å². The van der Waals surface area contributed by atoms with E-state index < -0.39 is 6.10 Å². The van der Waals surface area contributed by atoms with Gasteiger partial charge in [-0.1, -0.05) is 12.1 Å². The zero-order valence-corrected chi connectivity index (χ0v) is 15.8. The monoisotopic (exact) mass is 347 g/mol. The second-order valence-corrected chi connectivity index (χ2v) is 6.36. The van der Waals surface area contributed by atoms with Crippen LogP contribution in [-0.2, 0) is 14.3 Å². The maximum Gasteiger partial charge on any atom is 0.249 e. The molecule has 1 N–H and O–H groups in total. The van der Waals surface area contributed by atoms with Crippen LogP contribution in [0, 0.1) is 0 Å². The van der Waals surface area contributed by atoms with Crippen LogP contribution >= 0.6 is 0 Å². The highest BCUT2D eigenvalue weighted by Gasteiger charge is 2.22. The average Bonchev–Trinajstić information content (AvgIpc) is 2.98. The van der Waals surface area contributed by atoms with Crippen LogP contribution in [-0.4, -0.2) is 41.4 Å². The fourth-order valence-electron chi connectivity index (χ4n) is 2.81. The molecule has 0 saturated carbocycles. The number of para-hydroxylation sites is 2. The number of carbonyl (C=O) groups is 1. The summed E-state index contributed by atoms with van der Waals surface area (Å²) in [5.74, 6) is 0.706. The SMILES string of the molecule is CCOCCO[C@@H](C)C(=O)N[C@@H](C)c1nc2ccccc2n1C(C)C. The van der Waals surface area contributed by atoms with E-state index in [0.29, 0.717) is 19.8 Å². The zero-order chi connectivity index (χ0) is 18.4. The van der Waals surface area contributed by atoms with Gasteiger partial charge in [0.2, 0.25) is 5.91 Å². The van der Waals surface area contributed by atoms with E-state index >= 15 is 0 Å². The Morgan fingerprint density at radius 1 is 1.20 bits per heavy atom. The number of hydrogen-bond donors (Lipinski definition) is 1. The van der Waals surface area contributed by atoms with Crippen molar-refractivity contribution in [1.29, 1.82) is 0 Å². The summed E-state index contributed by atoms with van der Waals surface area (Å²) in [6.07, 6.45) is -0.528. The van der Waals surface area contributed by atoms with E-state index in [1.54, 1.807) is 6.92 Å². The summed E-state index contributed by atoms with van der Waals surface area (Å²) < 4.78 is 12.9. The molecule has 25 heavy (non-hydrogen) atoms. The third kappa shape index (κ3) is 4.80. The lowest BCUT2D eigenvalue weighted by molar-refractivity contribution is -0.133. The largest absolute Gasteiger partial charge is 0.379 e. The minimum Gasteiger partial charge on any atom is -0.379 e. The van der Waals surface area contributed by atoms with Gasteiger partial charge >= 0.3 is 0 Å². The lowest BCUT2D eigenvalue weighted by atomic mass is 10.2. The van der Waals surface area contributed by atoms with Gasteiger partial charge in [0.15, 0.2) is 0 Å². The second-order valence-electron chi connectivity index (χ2n) is 6.36. The molecule has 1 aromatic carbocycles. The summed E-state index contributed by atoms with van der Waals surface area (Å²) in [6.45, 7) is 11.4. The number of ether oxygens (including phenoxy) is 2. The predicted octanol–water partition coefficient (Wildman–Crippen LogP) is 3.24. The van der Waals surface area contributed by atoms with Crippen LogP contribution in [0.1, 0.15) is 52.5 Å². The molecule has 2 atom stereocenters. The second kappa shape index (κ2) is 8.97. The van der Waals surface area contributed by atoms with Crippen molar-refractivity contribution in [3.8, 4) is 0 Å². The minimum atomic E-state index is -0.528. The Morgan fingerprint density at radius 2 is 1.92 bits per heavy atom. The Bertz CT molecular complexity index is 696. The fraction of sp³-hybridized carbons (Fsp3) is 0.579. The van der Waals surface area contributed by atoms with Crippen molar-refractivity contribution in [1.82, 2.24) is 14.9 Å². The highest BCUT2D eigenvalue weighted by molar-refractivity contribution is 5.81. The number of rotatable bonds is 9. The molecule has 0 aliphatic carbocycles. The van der Waals surface area contributed by atoms with Crippen LogP contribution in [0.4, 0.5) is 0 Å². The topological polar surface area (TPSA) is 65.4 Å². The van der Waals surface area contributed by atoms with Crippen molar-refractivity contribution in [3.05, 3.63) is 30.1 Å². The van der Waals surface area contributed by atoms with Gasteiger partial charge in [-0.2, -0.15) is 0 Å². The maximum atomic E-state index is 12.4. The van der Waals surface area contributed by atoms with Crippen LogP contribution in [0.25, 0.3) is 11.0 Å². The Hall–Kier alpha value is -1.92. The molecule has 2 aromatic rings. The van der Waals surface area contributed by atoms with E-state index in [4.69, 9.17) is 14.5 Å². The summed E-state index contributed by atoms with van der Waals surface area (Å²) in [5.41, 5.74) is 2.02. The van der Waals surface area contributed by atoms with Crippen molar-refractivity contribution in [2.45, 2.75) is 52.8 Å². The number of aromatic nitrogens is 2. The standard InChI is InChI=1S/C19H29N3O3/c1-6-24-11-12-25-15(5)19(23)20-14(4)18-21-16-9-7-8-10-17(16)22(18)13(2)3/h7-10,13-15H,6,11-12H2,1-5H3,(H,20,23)/t14-,15-/m0/s1. The first-order chi connectivity index (χ1) is 12.0. The van der Waals surface area contributed by atoms with Crippen LogP contribution in [0.15, 0.2) is 24.3 Å². The van der Waals surface area contributed by atoms with E-state index in [2.05, 4.69) is 29.8 Å². The lowest BCUT2D eigenvalue weighted by Gasteiger charge is -2.20. The van der Waals surface area contributed by atoms with E-state index in [-0.39, 0.29) is 18.0 Å². The molecule has 0 radical (unpaired) electrons. The molecule has 0 bridgehead atoms. The van der Waals surface area contributed by atoms with Gasteiger partial charge in [-0.3, -0.25) is 4.79 Å². The number of benzene rings is 1. The normalized spacial score (nSPS) is 14.0. The van der Waals surface area contributed by atoms with Crippen molar-refractivity contribution in [2.75, 3.05) is 19.8 Å². The molecule has 1 aromatic heterocycles. The molecule has 0 aliphatic rings. The Morgan fingerprint density at radius 3 is 2.60 bits per heavy atom. The number of nitrogens with one attached hydrogen (secondary N) is 1. The molecule has 6 heteroatoms. The minimum absolute atomic E-state index is 0.147. The molecule has 1 heterocycles. The highest BCUT2D eigenvalue weighted by Crippen LogP contribution is 2.24. The quantitative estimate of drug-likeness (QED) is 0.707. The van der Waals surface area contributed by atoms with Gasteiger partial charge in [0.25, 0.3) is 0 Å². The maximum absolute atomic E-state index is 12.4. The number of carbonyl (C=O) groups excluding carboxylic acids is 1. The van der Waals surface area contributed by atoms with Crippen LogP contribution in [0.5, 0.6) is 0 Å². The van der Waals surface area contributed by atoms with Crippen molar-refractivity contribution in [3.63, 3.8) is 0 Å². The van der Waals surface area contributed by atoms with E-state index in [9.17, 15) is 4.79 Å². The first-order valence-electron chi connectivity index (χ1n) is 8.92. The van der Waals surface area contributed by atoms with Crippen LogP contribution < -0.4 is 5.32 Å². The Labute approximate surface area is 149 Å². The molecule has 0 fully saturated rings. The van der Waals surface area contributed by atoms with Crippen molar-refractivity contribution in [2.24, 2.45) is 0 Å². The molecular weight excluding hydrogens is 318 g/mol. The Balaban J connectivity index is 2.07. The Kier molecular flexibility index (Phi) is 6.96. The van der Waals surface area contributed by atoms with Crippen molar-refractivity contribution < 1.29 is 14.3 Å². The van der Waals surface area contributed by atoms with E-state index in [1.807, 2.05) is 32.0 Å². The average molecular weight is 347 g/mol. The molecule has 0 saturated heterocycles. The number of fused-ring (bicyclic) bond motifs is 1. The van der Waals surface area contributed by atoms with Crippen molar-refractivity contribution >= 4 is 16.9 Å². The molecular formula is C19H29N3O3. The lowest BCUT2D eigenvalue weighted by Crippen LogP contribution is -2.37. The van der Waals surface area contributed by atoms with E-state index in [0.717, 1.165) is 16.9 Å². The zero-order valence-electron chi connectivity index (χ0n) is 15.8. The van der Waals surface area contributed by atoms with Gasteiger partial charge in [-0.15, -0.1) is 0 Å². The third-order valence-corrected chi connectivity index (χ3v) is 4.05. The molecule has 138 valence electrons. The predicted molar refractivity (Wildman–Crippen MR) is 98.6 cm³/mol. The van der Waals surface area contributed by atoms with E-state index in [1.165, 1.54) is 0 Å². The number of amides is 1. The number of nitrogens with zero attached hydrogens (tertiary/aromatic N) is 2. The van der Waals surface area contributed by atoms with Gasteiger partial charge < -0.3 is 19.4 Å². The summed E-state index contributed by atoms with van der Waals surface area (Å²) >= 11 is 0. The summed E-state index contributed by atoms with van der Waals surface area (Å²) in [6, 6.07) is 8.07. The molecule has 6 nitrogen and oxygen atoms in total. The summed E-state index contributed by atoms with van der Waals surface area (Å²) in [7, 11) is 0. The molecule has 0 unspecified atom stereocenters. The smallest absolute Gasteiger partial charge is 0.249 e. The fourth-order valence-corrected chi connectivity index (χ4v) is 2.81. The van der Waals surface area contributed by atoms with Gasteiger partial charge in [-0.25, -0.2) is 4.98 Å². The number of hydrogen-bond acceptors (Lipinski definition) is 4. The van der Waals surface area contributed by atoms with Crippen LogP contribution in [0.2, 0.25) is 0 Å². The summed E-state index contributed by atoms with van der Waals surface area (Å²) in [4.78, 5) is 17.1. The van der Waals surface area contributed by atoms with Gasteiger partial charge in [0.05, 0.1) is 30.3 Å².